The summed E-state index contributed by atoms with van der Waals surface area (Å²) in [5.74, 6) is 0.579. The second-order valence-electron chi connectivity index (χ2n) is 7.35. The summed E-state index contributed by atoms with van der Waals surface area (Å²) in [5.41, 5.74) is 3.57. The molecular weight excluding hydrogens is 354 g/mol. The Morgan fingerprint density at radius 1 is 1.11 bits per heavy atom. The first-order valence-electron chi connectivity index (χ1n) is 9.50. The molecule has 0 radical (unpaired) electrons. The van der Waals surface area contributed by atoms with Crippen LogP contribution in [0.1, 0.15) is 52.2 Å². The summed E-state index contributed by atoms with van der Waals surface area (Å²) in [6.45, 7) is 6.58. The number of hydrogen-bond acceptors (Lipinski definition) is 4. The van der Waals surface area contributed by atoms with E-state index in [9.17, 15) is 9.59 Å². The van der Waals surface area contributed by atoms with E-state index in [4.69, 9.17) is 9.15 Å². The third kappa shape index (κ3) is 2.78. The van der Waals surface area contributed by atoms with Gasteiger partial charge in [-0.05, 0) is 61.2 Å². The molecule has 144 valence electrons. The summed E-state index contributed by atoms with van der Waals surface area (Å²) in [6.07, 6.45) is 0.906. The van der Waals surface area contributed by atoms with Crippen LogP contribution in [-0.2, 0) is 0 Å². The standard InChI is InChI=1S/C23H23NO4/c1-5-9-27-16-8-6-7-15(12-16)20-19-21(25)17-10-13(2)14(3)11-18(17)28-22(19)23(26)24(20)4/h6-8,10-12,20H,5,9H2,1-4H3. The minimum atomic E-state index is -0.491. The zero-order chi connectivity index (χ0) is 20.0. The van der Waals surface area contributed by atoms with Gasteiger partial charge in [-0.25, -0.2) is 0 Å². The molecule has 5 nitrogen and oxygen atoms in total. The van der Waals surface area contributed by atoms with E-state index in [1.807, 2.05) is 57.2 Å². The lowest BCUT2D eigenvalue weighted by Gasteiger charge is -2.21. The van der Waals surface area contributed by atoms with Crippen LogP contribution in [-0.4, -0.2) is 24.5 Å². The molecule has 1 aliphatic rings. The van der Waals surface area contributed by atoms with Crippen LogP contribution in [0.4, 0.5) is 0 Å². The van der Waals surface area contributed by atoms with Crippen LogP contribution in [0.5, 0.6) is 5.75 Å². The third-order valence-corrected chi connectivity index (χ3v) is 5.36. The molecule has 0 saturated carbocycles. The lowest BCUT2D eigenvalue weighted by atomic mass is 9.97. The van der Waals surface area contributed by atoms with Crippen molar-refractivity contribution >= 4 is 16.9 Å². The number of amides is 1. The average Bonchev–Trinajstić information content (AvgIpc) is 2.93. The van der Waals surface area contributed by atoms with Gasteiger partial charge in [-0.1, -0.05) is 19.1 Å². The number of nitrogens with zero attached hydrogens (tertiary/aromatic N) is 1. The number of rotatable bonds is 4. The molecule has 3 aromatic rings. The van der Waals surface area contributed by atoms with Crippen LogP contribution in [0.2, 0.25) is 0 Å². The molecule has 4 rings (SSSR count). The van der Waals surface area contributed by atoms with E-state index < -0.39 is 6.04 Å². The van der Waals surface area contributed by atoms with E-state index in [1.165, 1.54) is 0 Å². The van der Waals surface area contributed by atoms with Gasteiger partial charge >= 0.3 is 0 Å². The minimum absolute atomic E-state index is 0.133. The Morgan fingerprint density at radius 2 is 1.86 bits per heavy atom. The highest BCUT2D eigenvalue weighted by Crippen LogP contribution is 2.38. The number of aryl methyl sites for hydroxylation is 2. The molecule has 0 spiro atoms. The predicted molar refractivity (Wildman–Crippen MR) is 108 cm³/mol. The molecule has 1 atom stereocenters. The Labute approximate surface area is 163 Å². The Balaban J connectivity index is 1.91. The van der Waals surface area contributed by atoms with Crippen LogP contribution < -0.4 is 10.2 Å². The van der Waals surface area contributed by atoms with Crippen molar-refractivity contribution in [3.8, 4) is 5.75 Å². The van der Waals surface area contributed by atoms with Gasteiger partial charge in [0.05, 0.1) is 23.6 Å². The minimum Gasteiger partial charge on any atom is -0.494 e. The maximum atomic E-state index is 13.3. The molecule has 1 unspecified atom stereocenters. The Kier molecular flexibility index (Phi) is 4.46. The van der Waals surface area contributed by atoms with Crippen molar-refractivity contribution in [2.45, 2.75) is 33.2 Å². The molecule has 0 saturated heterocycles. The Hall–Kier alpha value is -3.08. The molecule has 2 heterocycles. The summed E-state index contributed by atoms with van der Waals surface area (Å²) in [5, 5.41) is 0.508. The lowest BCUT2D eigenvalue weighted by molar-refractivity contribution is 0.0771. The van der Waals surface area contributed by atoms with E-state index >= 15 is 0 Å². The molecule has 5 heteroatoms. The van der Waals surface area contributed by atoms with Crippen molar-refractivity contribution in [1.29, 1.82) is 0 Å². The third-order valence-electron chi connectivity index (χ3n) is 5.36. The highest BCUT2D eigenvalue weighted by Gasteiger charge is 2.40. The summed E-state index contributed by atoms with van der Waals surface area (Å²) < 4.78 is 11.7. The fourth-order valence-electron chi connectivity index (χ4n) is 3.73. The molecule has 0 N–H and O–H groups in total. The second-order valence-corrected chi connectivity index (χ2v) is 7.35. The molecule has 1 aromatic heterocycles. The highest BCUT2D eigenvalue weighted by atomic mass is 16.5. The number of ether oxygens (including phenoxy) is 1. The number of carbonyl (C=O) groups excluding carboxylic acids is 1. The molecule has 1 aliphatic heterocycles. The van der Waals surface area contributed by atoms with Gasteiger partial charge in [0.1, 0.15) is 11.3 Å². The van der Waals surface area contributed by atoms with Gasteiger partial charge < -0.3 is 14.1 Å². The van der Waals surface area contributed by atoms with Crippen molar-refractivity contribution in [2.24, 2.45) is 0 Å². The van der Waals surface area contributed by atoms with Gasteiger partial charge in [0.25, 0.3) is 5.91 Å². The largest absolute Gasteiger partial charge is 0.494 e. The normalized spacial score (nSPS) is 15.9. The number of benzene rings is 2. The first-order chi connectivity index (χ1) is 13.4. The number of carbonyl (C=O) groups is 1. The second kappa shape index (κ2) is 6.82. The number of hydrogen-bond donors (Lipinski definition) is 0. The molecule has 28 heavy (non-hydrogen) atoms. The van der Waals surface area contributed by atoms with Gasteiger partial charge in [0.15, 0.2) is 5.43 Å². The van der Waals surface area contributed by atoms with Gasteiger partial charge in [-0.2, -0.15) is 0 Å². The molecule has 0 fully saturated rings. The average molecular weight is 377 g/mol. The quantitative estimate of drug-likeness (QED) is 0.677. The Morgan fingerprint density at radius 3 is 2.61 bits per heavy atom. The molecule has 1 amide bonds. The lowest BCUT2D eigenvalue weighted by Crippen LogP contribution is -2.25. The summed E-state index contributed by atoms with van der Waals surface area (Å²) in [7, 11) is 1.70. The summed E-state index contributed by atoms with van der Waals surface area (Å²) >= 11 is 0. The van der Waals surface area contributed by atoms with Crippen LogP contribution >= 0.6 is 0 Å². The van der Waals surface area contributed by atoms with E-state index in [0.717, 1.165) is 28.9 Å². The first-order valence-corrected chi connectivity index (χ1v) is 9.50. The van der Waals surface area contributed by atoms with Gasteiger partial charge in [-0.3, -0.25) is 9.59 Å². The van der Waals surface area contributed by atoms with Crippen molar-refractivity contribution < 1.29 is 13.9 Å². The van der Waals surface area contributed by atoms with Crippen LogP contribution in [0, 0.1) is 13.8 Å². The van der Waals surface area contributed by atoms with Gasteiger partial charge in [-0.15, -0.1) is 0 Å². The van der Waals surface area contributed by atoms with Gasteiger partial charge in [0, 0.05) is 7.05 Å². The van der Waals surface area contributed by atoms with Crippen LogP contribution in [0.3, 0.4) is 0 Å². The van der Waals surface area contributed by atoms with E-state index in [2.05, 4.69) is 0 Å². The molecular formula is C23H23NO4. The van der Waals surface area contributed by atoms with Crippen LogP contribution in [0.25, 0.3) is 11.0 Å². The summed E-state index contributed by atoms with van der Waals surface area (Å²) in [6, 6.07) is 10.7. The van der Waals surface area contributed by atoms with Crippen molar-refractivity contribution in [1.82, 2.24) is 4.90 Å². The van der Waals surface area contributed by atoms with Crippen molar-refractivity contribution in [3.05, 3.63) is 74.6 Å². The molecule has 0 aliphatic carbocycles. The molecule has 0 bridgehead atoms. The smallest absolute Gasteiger partial charge is 0.290 e. The van der Waals surface area contributed by atoms with Crippen LogP contribution in [0.15, 0.2) is 45.6 Å². The topological polar surface area (TPSA) is 59.8 Å². The maximum absolute atomic E-state index is 13.3. The van der Waals surface area contributed by atoms with E-state index in [0.29, 0.717) is 23.1 Å². The van der Waals surface area contributed by atoms with Crippen molar-refractivity contribution in [2.75, 3.05) is 13.7 Å². The predicted octanol–water partition coefficient (Wildman–Crippen LogP) is 4.37. The summed E-state index contributed by atoms with van der Waals surface area (Å²) in [4.78, 5) is 27.8. The SMILES string of the molecule is CCCOc1cccc(C2c3c(oc4cc(C)c(C)cc4c3=O)C(=O)N2C)c1. The first kappa shape index (κ1) is 18.3. The fraction of sp³-hybridized carbons (Fsp3) is 0.304. The van der Waals surface area contributed by atoms with Gasteiger partial charge in [0.2, 0.25) is 5.76 Å². The Bertz CT molecular complexity index is 1150. The maximum Gasteiger partial charge on any atom is 0.290 e. The highest BCUT2D eigenvalue weighted by molar-refractivity contribution is 5.99. The zero-order valence-corrected chi connectivity index (χ0v) is 16.5. The molecule has 2 aromatic carbocycles. The fourth-order valence-corrected chi connectivity index (χ4v) is 3.73. The van der Waals surface area contributed by atoms with E-state index in [-0.39, 0.29) is 17.1 Å². The monoisotopic (exact) mass is 377 g/mol. The zero-order valence-electron chi connectivity index (χ0n) is 16.5. The van der Waals surface area contributed by atoms with E-state index in [1.54, 1.807) is 11.9 Å². The number of fused-ring (bicyclic) bond motifs is 2. The van der Waals surface area contributed by atoms with Crippen molar-refractivity contribution in [3.63, 3.8) is 0 Å².